The summed E-state index contributed by atoms with van der Waals surface area (Å²) < 4.78 is 5.68. The zero-order valence-corrected chi connectivity index (χ0v) is 9.72. The van der Waals surface area contributed by atoms with Crippen LogP contribution in [0.4, 0.5) is 0 Å². The van der Waals surface area contributed by atoms with E-state index in [1.807, 2.05) is 7.05 Å². The Hall–Kier alpha value is -0.0800. The lowest BCUT2D eigenvalue weighted by atomic mass is 10.1. The largest absolute Gasteiger partial charge is 0.381 e. The molecule has 0 spiro atoms. The lowest BCUT2D eigenvalue weighted by Gasteiger charge is -2.12. The van der Waals surface area contributed by atoms with Crippen LogP contribution in [0.25, 0.3) is 0 Å². The maximum absolute atomic E-state index is 5.68. The van der Waals surface area contributed by atoms with Gasteiger partial charge in [-0.1, -0.05) is 12.8 Å². The molecular weight excluding hydrogens is 174 g/mol. The average molecular weight is 199 g/mol. The van der Waals surface area contributed by atoms with Crippen molar-refractivity contribution in [2.45, 2.75) is 51.5 Å². The van der Waals surface area contributed by atoms with Crippen LogP contribution in [0, 0.1) is 5.92 Å². The molecule has 84 valence electrons. The molecule has 1 aliphatic carbocycles. The van der Waals surface area contributed by atoms with E-state index in [9.17, 15) is 0 Å². The number of hydrogen-bond acceptors (Lipinski definition) is 2. The Morgan fingerprint density at radius 2 is 2.07 bits per heavy atom. The molecule has 1 N–H and O–H groups in total. The third-order valence-corrected chi connectivity index (χ3v) is 3.25. The van der Waals surface area contributed by atoms with Crippen molar-refractivity contribution in [1.82, 2.24) is 5.32 Å². The molecule has 0 amide bonds. The molecule has 0 aromatic carbocycles. The van der Waals surface area contributed by atoms with Gasteiger partial charge in [0.2, 0.25) is 0 Å². The van der Waals surface area contributed by atoms with Gasteiger partial charge in [-0.05, 0) is 45.6 Å². The van der Waals surface area contributed by atoms with E-state index in [1.54, 1.807) is 0 Å². The summed E-state index contributed by atoms with van der Waals surface area (Å²) in [4.78, 5) is 0. The Balaban J connectivity index is 1.84. The summed E-state index contributed by atoms with van der Waals surface area (Å²) in [7, 11) is 2.02. The van der Waals surface area contributed by atoms with Crippen molar-refractivity contribution in [2.75, 3.05) is 20.3 Å². The van der Waals surface area contributed by atoms with Crippen LogP contribution in [0.5, 0.6) is 0 Å². The van der Waals surface area contributed by atoms with Gasteiger partial charge in [0.15, 0.2) is 0 Å². The van der Waals surface area contributed by atoms with E-state index in [1.165, 1.54) is 38.5 Å². The predicted molar refractivity (Wildman–Crippen MR) is 60.5 cm³/mol. The van der Waals surface area contributed by atoms with Gasteiger partial charge in [-0.25, -0.2) is 0 Å². The van der Waals surface area contributed by atoms with E-state index in [0.717, 1.165) is 19.1 Å². The van der Waals surface area contributed by atoms with Gasteiger partial charge in [-0.15, -0.1) is 0 Å². The lowest BCUT2D eigenvalue weighted by molar-refractivity contribution is 0.0970. The van der Waals surface area contributed by atoms with E-state index in [4.69, 9.17) is 4.74 Å². The molecule has 1 aliphatic rings. The van der Waals surface area contributed by atoms with Gasteiger partial charge in [0.05, 0.1) is 0 Å². The Kier molecular flexibility index (Phi) is 6.20. The molecule has 0 aromatic heterocycles. The zero-order chi connectivity index (χ0) is 10.2. The maximum atomic E-state index is 5.68. The van der Waals surface area contributed by atoms with Gasteiger partial charge in [-0.3, -0.25) is 0 Å². The third-order valence-electron chi connectivity index (χ3n) is 3.25. The minimum atomic E-state index is 0.630. The normalized spacial score (nSPS) is 20.1. The van der Waals surface area contributed by atoms with Crippen LogP contribution >= 0.6 is 0 Å². The zero-order valence-electron chi connectivity index (χ0n) is 9.72. The summed E-state index contributed by atoms with van der Waals surface area (Å²) >= 11 is 0. The summed E-state index contributed by atoms with van der Waals surface area (Å²) in [6.07, 6.45) is 8.05. The van der Waals surface area contributed by atoms with Crippen LogP contribution in [0.1, 0.15) is 45.4 Å². The van der Waals surface area contributed by atoms with Gasteiger partial charge in [0, 0.05) is 19.3 Å². The molecule has 1 saturated carbocycles. The first kappa shape index (κ1) is 12.0. The molecule has 0 aliphatic heterocycles. The van der Waals surface area contributed by atoms with Crippen molar-refractivity contribution in [3.8, 4) is 0 Å². The quantitative estimate of drug-likeness (QED) is 0.636. The summed E-state index contributed by atoms with van der Waals surface area (Å²) in [5.74, 6) is 0.872. The minimum Gasteiger partial charge on any atom is -0.381 e. The fourth-order valence-electron chi connectivity index (χ4n) is 2.06. The molecule has 0 heterocycles. The Morgan fingerprint density at radius 3 is 2.71 bits per heavy atom. The molecule has 1 unspecified atom stereocenters. The Morgan fingerprint density at radius 1 is 1.36 bits per heavy atom. The fraction of sp³-hybridized carbons (Fsp3) is 1.00. The first-order chi connectivity index (χ1) is 6.83. The van der Waals surface area contributed by atoms with E-state index in [0.29, 0.717) is 6.04 Å². The first-order valence-corrected chi connectivity index (χ1v) is 6.08. The molecule has 2 nitrogen and oxygen atoms in total. The van der Waals surface area contributed by atoms with Crippen molar-refractivity contribution in [1.29, 1.82) is 0 Å². The molecule has 1 atom stereocenters. The second kappa shape index (κ2) is 7.24. The summed E-state index contributed by atoms with van der Waals surface area (Å²) in [5.41, 5.74) is 0. The second-order valence-electron chi connectivity index (χ2n) is 4.56. The first-order valence-electron chi connectivity index (χ1n) is 6.08. The number of nitrogens with one attached hydrogen (secondary N) is 1. The number of hydrogen-bond donors (Lipinski definition) is 1. The molecule has 0 saturated heterocycles. The highest BCUT2D eigenvalue weighted by Gasteiger charge is 2.14. The number of rotatable bonds is 7. The highest BCUT2D eigenvalue weighted by atomic mass is 16.5. The van der Waals surface area contributed by atoms with E-state index >= 15 is 0 Å². The molecule has 14 heavy (non-hydrogen) atoms. The summed E-state index contributed by atoms with van der Waals surface area (Å²) in [5, 5.41) is 3.24. The standard InChI is InChI=1S/C12H25NO/c1-11(13-2)6-5-9-14-10-12-7-3-4-8-12/h11-13H,3-10H2,1-2H3. The van der Waals surface area contributed by atoms with E-state index in [2.05, 4.69) is 12.2 Å². The maximum Gasteiger partial charge on any atom is 0.0494 e. The van der Waals surface area contributed by atoms with Gasteiger partial charge in [0.1, 0.15) is 0 Å². The second-order valence-corrected chi connectivity index (χ2v) is 4.56. The minimum absolute atomic E-state index is 0.630. The predicted octanol–water partition coefficient (Wildman–Crippen LogP) is 2.58. The van der Waals surface area contributed by atoms with Crippen molar-refractivity contribution in [3.63, 3.8) is 0 Å². The van der Waals surface area contributed by atoms with Gasteiger partial charge >= 0.3 is 0 Å². The topological polar surface area (TPSA) is 21.3 Å². The molecule has 1 fully saturated rings. The Labute approximate surface area is 88.4 Å². The van der Waals surface area contributed by atoms with Crippen LogP contribution in [0.15, 0.2) is 0 Å². The van der Waals surface area contributed by atoms with Crippen LogP contribution < -0.4 is 5.32 Å². The average Bonchev–Trinajstić information content (AvgIpc) is 2.69. The van der Waals surface area contributed by atoms with Crippen molar-refractivity contribution in [2.24, 2.45) is 5.92 Å². The smallest absolute Gasteiger partial charge is 0.0494 e. The molecule has 1 rings (SSSR count). The van der Waals surface area contributed by atoms with Crippen molar-refractivity contribution < 1.29 is 4.74 Å². The van der Waals surface area contributed by atoms with Gasteiger partial charge < -0.3 is 10.1 Å². The molecule has 0 radical (unpaired) electrons. The van der Waals surface area contributed by atoms with Gasteiger partial charge in [0.25, 0.3) is 0 Å². The van der Waals surface area contributed by atoms with Crippen LogP contribution in [-0.2, 0) is 4.74 Å². The molecule has 0 aromatic rings. The highest BCUT2D eigenvalue weighted by Crippen LogP contribution is 2.24. The monoisotopic (exact) mass is 199 g/mol. The van der Waals surface area contributed by atoms with Crippen LogP contribution in [0.2, 0.25) is 0 Å². The molecule has 2 heteroatoms. The van der Waals surface area contributed by atoms with E-state index in [-0.39, 0.29) is 0 Å². The summed E-state index contributed by atoms with van der Waals surface area (Å²) in [6.45, 7) is 4.17. The fourth-order valence-corrected chi connectivity index (χ4v) is 2.06. The third kappa shape index (κ3) is 4.97. The van der Waals surface area contributed by atoms with Gasteiger partial charge in [-0.2, -0.15) is 0 Å². The van der Waals surface area contributed by atoms with Crippen LogP contribution in [-0.4, -0.2) is 26.3 Å². The van der Waals surface area contributed by atoms with Crippen molar-refractivity contribution in [3.05, 3.63) is 0 Å². The number of ether oxygens (including phenoxy) is 1. The lowest BCUT2D eigenvalue weighted by Crippen LogP contribution is -2.21. The molecular formula is C12H25NO. The molecule has 0 bridgehead atoms. The summed E-state index contributed by atoms with van der Waals surface area (Å²) in [6, 6.07) is 0.630. The SMILES string of the molecule is CNC(C)CCCOCC1CCCC1. The Bertz CT molecular complexity index is 132. The van der Waals surface area contributed by atoms with Crippen molar-refractivity contribution >= 4 is 0 Å². The van der Waals surface area contributed by atoms with E-state index < -0.39 is 0 Å². The highest BCUT2D eigenvalue weighted by molar-refractivity contribution is 4.66. The van der Waals surface area contributed by atoms with Crippen LogP contribution in [0.3, 0.4) is 0 Å².